The fourth-order valence-corrected chi connectivity index (χ4v) is 2.04. The minimum absolute atomic E-state index is 0.113. The average molecular weight is 279 g/mol. The summed E-state index contributed by atoms with van der Waals surface area (Å²) in [6.07, 6.45) is 0. The van der Waals surface area contributed by atoms with E-state index in [1.54, 1.807) is 12.1 Å². The number of carbonyl (C=O) groups is 1. The Morgan fingerprint density at radius 1 is 1.14 bits per heavy atom. The van der Waals surface area contributed by atoms with Crippen LogP contribution in [-0.2, 0) is 4.79 Å². The van der Waals surface area contributed by atoms with Gasteiger partial charge < -0.3 is 10.6 Å². The summed E-state index contributed by atoms with van der Waals surface area (Å²) in [5, 5.41) is 15.3. The van der Waals surface area contributed by atoms with E-state index < -0.39 is 6.04 Å². The highest BCUT2D eigenvalue weighted by Crippen LogP contribution is 2.23. The third-order valence-electron chi connectivity index (χ3n) is 3.14. The van der Waals surface area contributed by atoms with Gasteiger partial charge in [0.05, 0.1) is 6.07 Å². The fourth-order valence-electron chi connectivity index (χ4n) is 2.04. The first-order chi connectivity index (χ1) is 10.1. The Labute approximate surface area is 124 Å². The first-order valence-electron chi connectivity index (χ1n) is 6.69. The van der Waals surface area contributed by atoms with Crippen molar-refractivity contribution >= 4 is 17.3 Å². The summed E-state index contributed by atoms with van der Waals surface area (Å²) in [6, 6.07) is 16.9. The second kappa shape index (κ2) is 6.58. The zero-order valence-electron chi connectivity index (χ0n) is 12.1. The average Bonchev–Trinajstić information content (AvgIpc) is 2.47. The van der Waals surface area contributed by atoms with Crippen molar-refractivity contribution in [2.75, 3.05) is 10.6 Å². The molecule has 0 aromatic heterocycles. The maximum absolute atomic E-state index is 11.0. The van der Waals surface area contributed by atoms with Crippen LogP contribution in [0.3, 0.4) is 0 Å². The lowest BCUT2D eigenvalue weighted by atomic mass is 10.1. The van der Waals surface area contributed by atoms with Crippen LogP contribution in [0.2, 0.25) is 0 Å². The highest BCUT2D eigenvalue weighted by molar-refractivity contribution is 5.88. The monoisotopic (exact) mass is 279 g/mol. The number of nitrogens with zero attached hydrogens (tertiary/aromatic N) is 1. The Bertz CT molecular complexity index is 671. The van der Waals surface area contributed by atoms with Crippen molar-refractivity contribution in [3.63, 3.8) is 0 Å². The van der Waals surface area contributed by atoms with Gasteiger partial charge in [-0.15, -0.1) is 0 Å². The topological polar surface area (TPSA) is 64.9 Å². The van der Waals surface area contributed by atoms with Crippen molar-refractivity contribution in [2.24, 2.45) is 0 Å². The maximum Gasteiger partial charge on any atom is 0.221 e. The molecule has 0 aliphatic heterocycles. The van der Waals surface area contributed by atoms with Crippen LogP contribution in [0.4, 0.5) is 11.4 Å². The largest absolute Gasteiger partial charge is 0.366 e. The van der Waals surface area contributed by atoms with Gasteiger partial charge in [0.15, 0.2) is 0 Å². The van der Waals surface area contributed by atoms with Gasteiger partial charge in [-0.2, -0.15) is 5.26 Å². The van der Waals surface area contributed by atoms with Gasteiger partial charge in [0, 0.05) is 18.3 Å². The van der Waals surface area contributed by atoms with Gasteiger partial charge in [-0.25, -0.2) is 0 Å². The number of nitriles is 1. The Morgan fingerprint density at radius 3 is 2.38 bits per heavy atom. The first kappa shape index (κ1) is 14.6. The van der Waals surface area contributed by atoms with Crippen LogP contribution < -0.4 is 10.6 Å². The molecule has 2 aromatic rings. The van der Waals surface area contributed by atoms with Crippen LogP contribution in [0.15, 0.2) is 48.5 Å². The number of amides is 1. The summed E-state index contributed by atoms with van der Waals surface area (Å²) in [7, 11) is 0. The molecule has 4 nitrogen and oxygen atoms in total. The molecule has 4 heteroatoms. The van der Waals surface area contributed by atoms with Crippen molar-refractivity contribution in [3.8, 4) is 6.07 Å². The Kier molecular flexibility index (Phi) is 4.57. The summed E-state index contributed by atoms with van der Waals surface area (Å²) in [5.74, 6) is -0.113. The van der Waals surface area contributed by atoms with Crippen LogP contribution >= 0.6 is 0 Å². The number of rotatable bonds is 4. The molecule has 1 amide bonds. The number of hydrogen-bond acceptors (Lipinski definition) is 3. The van der Waals surface area contributed by atoms with E-state index in [0.717, 1.165) is 22.5 Å². The predicted molar refractivity (Wildman–Crippen MR) is 83.9 cm³/mol. The third kappa shape index (κ3) is 3.83. The quantitative estimate of drug-likeness (QED) is 0.898. The smallest absolute Gasteiger partial charge is 0.221 e. The van der Waals surface area contributed by atoms with Crippen molar-refractivity contribution in [1.29, 1.82) is 5.26 Å². The summed E-state index contributed by atoms with van der Waals surface area (Å²) >= 11 is 0. The Balaban J connectivity index is 2.16. The normalized spacial score (nSPS) is 11.3. The molecule has 0 heterocycles. The molecular formula is C17H17N3O. The van der Waals surface area contributed by atoms with E-state index in [1.807, 2.05) is 43.3 Å². The molecule has 2 N–H and O–H groups in total. The van der Waals surface area contributed by atoms with Gasteiger partial charge in [0.2, 0.25) is 5.91 Å². The zero-order valence-corrected chi connectivity index (χ0v) is 12.1. The standard InChI is InChI=1S/C17H17N3O/c1-12-5-3-4-6-16(12)20-17(11-18)14-7-9-15(10-8-14)19-13(2)21/h3-10,17,20H,1-2H3,(H,19,21). The van der Waals surface area contributed by atoms with Crippen LogP contribution in [0.5, 0.6) is 0 Å². The molecule has 21 heavy (non-hydrogen) atoms. The lowest BCUT2D eigenvalue weighted by molar-refractivity contribution is -0.114. The molecule has 0 aliphatic carbocycles. The summed E-state index contributed by atoms with van der Waals surface area (Å²) in [4.78, 5) is 11.0. The van der Waals surface area contributed by atoms with Gasteiger partial charge in [0.1, 0.15) is 6.04 Å². The molecule has 1 unspecified atom stereocenters. The van der Waals surface area contributed by atoms with Crippen molar-refractivity contribution in [1.82, 2.24) is 0 Å². The Hall–Kier alpha value is -2.80. The van der Waals surface area contributed by atoms with E-state index in [-0.39, 0.29) is 5.91 Å². The van der Waals surface area contributed by atoms with Crippen LogP contribution in [0, 0.1) is 18.3 Å². The molecular weight excluding hydrogens is 262 g/mol. The van der Waals surface area contributed by atoms with Gasteiger partial charge in [-0.3, -0.25) is 4.79 Å². The van der Waals surface area contributed by atoms with E-state index in [9.17, 15) is 10.1 Å². The lowest BCUT2D eigenvalue weighted by Gasteiger charge is -2.15. The SMILES string of the molecule is CC(=O)Nc1ccc(C(C#N)Nc2ccccc2C)cc1. The number of nitrogens with one attached hydrogen (secondary N) is 2. The summed E-state index contributed by atoms with van der Waals surface area (Å²) in [5.41, 5.74) is 3.61. The molecule has 0 saturated carbocycles. The lowest BCUT2D eigenvalue weighted by Crippen LogP contribution is -2.10. The van der Waals surface area contributed by atoms with E-state index in [1.165, 1.54) is 6.92 Å². The highest BCUT2D eigenvalue weighted by Gasteiger charge is 2.11. The maximum atomic E-state index is 11.0. The van der Waals surface area contributed by atoms with Crippen LogP contribution in [0.25, 0.3) is 0 Å². The van der Waals surface area contributed by atoms with Crippen LogP contribution in [0.1, 0.15) is 24.1 Å². The number of anilines is 2. The Morgan fingerprint density at radius 2 is 1.81 bits per heavy atom. The number of benzene rings is 2. The molecule has 0 radical (unpaired) electrons. The van der Waals surface area contributed by atoms with Crippen molar-refractivity contribution < 1.29 is 4.79 Å². The molecule has 0 fully saturated rings. The molecule has 0 saturated heterocycles. The van der Waals surface area contributed by atoms with Gasteiger partial charge >= 0.3 is 0 Å². The number of carbonyl (C=O) groups excluding carboxylic acids is 1. The molecule has 2 rings (SSSR count). The van der Waals surface area contributed by atoms with E-state index in [2.05, 4.69) is 16.7 Å². The van der Waals surface area contributed by atoms with E-state index >= 15 is 0 Å². The number of para-hydroxylation sites is 1. The van der Waals surface area contributed by atoms with E-state index in [0.29, 0.717) is 0 Å². The molecule has 0 spiro atoms. The molecule has 0 aliphatic rings. The predicted octanol–water partition coefficient (Wildman–Crippen LogP) is 3.63. The first-order valence-corrected chi connectivity index (χ1v) is 6.69. The zero-order chi connectivity index (χ0) is 15.2. The van der Waals surface area contributed by atoms with Crippen molar-refractivity contribution in [2.45, 2.75) is 19.9 Å². The summed E-state index contributed by atoms with van der Waals surface area (Å²) in [6.45, 7) is 3.46. The molecule has 1 atom stereocenters. The second-order valence-electron chi connectivity index (χ2n) is 4.82. The minimum Gasteiger partial charge on any atom is -0.366 e. The molecule has 2 aromatic carbocycles. The van der Waals surface area contributed by atoms with E-state index in [4.69, 9.17) is 0 Å². The summed E-state index contributed by atoms with van der Waals surface area (Å²) < 4.78 is 0. The van der Waals surface area contributed by atoms with Gasteiger partial charge in [-0.1, -0.05) is 30.3 Å². The highest BCUT2D eigenvalue weighted by atomic mass is 16.1. The van der Waals surface area contributed by atoms with Crippen molar-refractivity contribution in [3.05, 3.63) is 59.7 Å². The molecule has 106 valence electrons. The van der Waals surface area contributed by atoms with Gasteiger partial charge in [-0.05, 0) is 36.2 Å². The molecule has 0 bridgehead atoms. The third-order valence-corrected chi connectivity index (χ3v) is 3.14. The number of aryl methyl sites for hydroxylation is 1. The second-order valence-corrected chi connectivity index (χ2v) is 4.82. The number of hydrogen-bond donors (Lipinski definition) is 2. The minimum atomic E-state index is -0.433. The van der Waals surface area contributed by atoms with Gasteiger partial charge in [0.25, 0.3) is 0 Å². The van der Waals surface area contributed by atoms with Crippen LogP contribution in [-0.4, -0.2) is 5.91 Å². The fraction of sp³-hybridized carbons (Fsp3) is 0.176.